The second-order valence-corrected chi connectivity index (χ2v) is 14.2. The Labute approximate surface area is 344 Å². The van der Waals surface area contributed by atoms with Crippen molar-refractivity contribution in [2.75, 3.05) is 0 Å². The summed E-state index contributed by atoms with van der Waals surface area (Å²) in [7, 11) is -4.24. The Balaban J connectivity index is 0. The summed E-state index contributed by atoms with van der Waals surface area (Å²) in [5, 5.41) is 2.76. The molecule has 0 amide bonds. The van der Waals surface area contributed by atoms with E-state index in [1.54, 1.807) is 24.3 Å². The third-order valence-corrected chi connectivity index (χ3v) is 11.9. The molecule has 8 heteroatoms. The van der Waals surface area contributed by atoms with Crippen molar-refractivity contribution in [3.8, 4) is 22.3 Å². The van der Waals surface area contributed by atoms with Gasteiger partial charge in [-0.25, -0.2) is 12.6 Å². The Bertz CT molecular complexity index is 2110. The smallest absolute Gasteiger partial charge is 0.207 e. The van der Waals surface area contributed by atoms with Gasteiger partial charge < -0.3 is 11.0 Å². The average molecular weight is 817 g/mol. The molecule has 2 aliphatic rings. The van der Waals surface area contributed by atoms with Crippen molar-refractivity contribution < 1.29 is 23.6 Å². The van der Waals surface area contributed by atoms with Gasteiger partial charge in [0.2, 0.25) is 9.84 Å². The fourth-order valence-electron chi connectivity index (χ4n) is 5.46. The molecule has 0 fully saturated rings. The van der Waals surface area contributed by atoms with Crippen LogP contribution < -0.4 is 0 Å². The Morgan fingerprint density at radius 3 is 1.00 bits per heavy atom. The van der Waals surface area contributed by atoms with Gasteiger partial charge in [-0.1, -0.05) is 192 Å². The molecule has 3 heterocycles. The Morgan fingerprint density at radius 1 is 0.375 bits per heavy atom. The monoisotopic (exact) mass is 816 g/mol. The van der Waals surface area contributed by atoms with E-state index in [0.717, 1.165) is 32.0 Å². The number of fused-ring (bicyclic) bond motifs is 9. The lowest BCUT2D eigenvalue weighted by molar-refractivity contribution is 0.598. The van der Waals surface area contributed by atoms with E-state index in [1.165, 1.54) is 20.2 Å². The summed E-state index contributed by atoms with van der Waals surface area (Å²) in [6.45, 7) is 24.0. The summed E-state index contributed by atoms with van der Waals surface area (Å²) < 4.78 is 38.9. The van der Waals surface area contributed by atoms with Gasteiger partial charge >= 0.3 is 0 Å². The Morgan fingerprint density at radius 2 is 0.643 bits per heavy atom. The maximum absolute atomic E-state index is 12.1. The predicted molar refractivity (Wildman–Crippen MR) is 249 cm³/mol. The molecule has 0 saturated carbocycles. The number of rotatable bonds is 0. The number of benzene rings is 6. The van der Waals surface area contributed by atoms with Crippen LogP contribution in [-0.2, 0) is 20.6 Å². The molecule has 0 aliphatic carbocycles. The molecule has 304 valence electrons. The molecule has 0 unspecified atom stereocenters. The molecule has 4 N–H and O–H groups in total. The first-order valence-electron chi connectivity index (χ1n) is 19.4. The molecule has 2 aliphatic heterocycles. The molecular weight excluding hydrogens is 753 g/mol. The summed E-state index contributed by atoms with van der Waals surface area (Å²) in [5.74, 6) is 0. The van der Waals surface area contributed by atoms with Gasteiger partial charge in [-0.2, -0.15) is 0 Å². The minimum absolute atomic E-state index is 0. The number of sulfone groups is 1. The van der Waals surface area contributed by atoms with Crippen molar-refractivity contribution in [1.29, 1.82) is 0 Å². The summed E-state index contributed by atoms with van der Waals surface area (Å²) in [4.78, 5) is 2.72. The van der Waals surface area contributed by atoms with E-state index in [-0.39, 0.29) is 11.0 Å². The Kier molecular flexibility index (Phi) is 27.7. The highest BCUT2D eigenvalue weighted by molar-refractivity contribution is 7.92. The standard InChI is InChI=1S/C12H8O2S.C12H8OS.C12H8S.6C2H6.2H2O/c13-15(14)11-7-3-1-5-9(11)10-6-2-4-8-12(10)15;13-14-11-7-3-1-5-9(11)10-6-2-4-8-12(10)14;1-3-7-11-9(5-1)10-6-2-4-8-12(10)13-11;6*1-2;;/h1-8H;1-8H;1-8H;6*1-2H3;2*1H2. The molecule has 7 aromatic rings. The molecule has 0 saturated heterocycles. The van der Waals surface area contributed by atoms with Crippen LogP contribution in [0.15, 0.2) is 165 Å². The fraction of sp³-hybridized carbons (Fsp3) is 0.250. The van der Waals surface area contributed by atoms with Crippen LogP contribution in [0.5, 0.6) is 0 Å². The lowest BCUT2D eigenvalue weighted by Gasteiger charge is -1.95. The van der Waals surface area contributed by atoms with E-state index in [9.17, 15) is 12.6 Å². The zero-order valence-corrected chi connectivity index (χ0v) is 37.8. The zero-order valence-electron chi connectivity index (χ0n) is 35.3. The van der Waals surface area contributed by atoms with Crippen LogP contribution in [0.25, 0.3) is 42.4 Å². The first-order valence-corrected chi connectivity index (χ1v) is 22.9. The summed E-state index contributed by atoms with van der Waals surface area (Å²) in [5.41, 5.74) is 3.85. The first kappa shape index (κ1) is 53.7. The molecule has 6 aromatic carbocycles. The second kappa shape index (κ2) is 28.9. The normalized spacial score (nSPS) is 10.9. The van der Waals surface area contributed by atoms with Gasteiger partial charge in [0.25, 0.3) is 0 Å². The SMILES string of the molecule is CC.CC.CC.CC.CC.CC.O.O.O=S1(=O)c2ccccc2-c2ccccc21.O=S1c2ccccc2-c2ccccc21.c1ccc2c(c1)sc1ccccc12. The second-order valence-electron chi connectivity index (χ2n) is 9.85. The summed E-state index contributed by atoms with van der Waals surface area (Å²) in [6, 6.07) is 47.1. The van der Waals surface area contributed by atoms with Crippen molar-refractivity contribution in [3.63, 3.8) is 0 Å². The fourth-order valence-corrected chi connectivity index (χ4v) is 9.65. The number of hydrogen-bond acceptors (Lipinski definition) is 4. The van der Waals surface area contributed by atoms with Gasteiger partial charge in [-0.3, -0.25) is 0 Å². The number of thiophene rings is 1. The first-order chi connectivity index (χ1) is 26.5. The van der Waals surface area contributed by atoms with Crippen LogP contribution in [0.4, 0.5) is 0 Å². The average Bonchev–Trinajstić information content (AvgIpc) is 3.88. The summed E-state index contributed by atoms with van der Waals surface area (Å²) in [6.07, 6.45) is 0. The van der Waals surface area contributed by atoms with Crippen LogP contribution in [0.3, 0.4) is 0 Å². The largest absolute Gasteiger partial charge is 0.412 e. The van der Waals surface area contributed by atoms with Gasteiger partial charge in [-0.15, -0.1) is 11.3 Å². The number of hydrogen-bond donors (Lipinski definition) is 0. The van der Waals surface area contributed by atoms with E-state index in [2.05, 4.69) is 48.5 Å². The van der Waals surface area contributed by atoms with Crippen LogP contribution in [0.2, 0.25) is 0 Å². The van der Waals surface area contributed by atoms with Crippen LogP contribution in [0.1, 0.15) is 83.1 Å². The molecule has 0 atom stereocenters. The third-order valence-electron chi connectivity index (χ3n) is 7.39. The molecule has 56 heavy (non-hydrogen) atoms. The minimum Gasteiger partial charge on any atom is -0.412 e. The lowest BCUT2D eigenvalue weighted by atomic mass is 10.1. The Hall–Kier alpha value is -4.44. The van der Waals surface area contributed by atoms with Gasteiger partial charge in [0, 0.05) is 31.3 Å². The van der Waals surface area contributed by atoms with Crippen LogP contribution >= 0.6 is 11.3 Å². The van der Waals surface area contributed by atoms with E-state index < -0.39 is 20.6 Å². The van der Waals surface area contributed by atoms with Gasteiger partial charge in [0.1, 0.15) is 0 Å². The highest BCUT2D eigenvalue weighted by Crippen LogP contribution is 2.42. The summed E-state index contributed by atoms with van der Waals surface area (Å²) >= 11 is 1.86. The van der Waals surface area contributed by atoms with Crippen molar-refractivity contribution in [2.24, 2.45) is 0 Å². The highest BCUT2D eigenvalue weighted by Gasteiger charge is 2.31. The van der Waals surface area contributed by atoms with Gasteiger partial charge in [0.05, 0.1) is 30.4 Å². The molecule has 1 aromatic heterocycles. The van der Waals surface area contributed by atoms with E-state index in [0.29, 0.717) is 9.79 Å². The van der Waals surface area contributed by atoms with E-state index in [4.69, 9.17) is 0 Å². The highest BCUT2D eigenvalue weighted by atomic mass is 32.2. The molecule has 0 bridgehead atoms. The predicted octanol–water partition coefficient (Wildman–Crippen LogP) is 13.9. The van der Waals surface area contributed by atoms with E-state index in [1.807, 2.05) is 167 Å². The van der Waals surface area contributed by atoms with Crippen LogP contribution in [-0.4, -0.2) is 23.6 Å². The zero-order chi connectivity index (χ0) is 40.7. The third kappa shape index (κ3) is 12.3. The topological polar surface area (TPSA) is 114 Å². The van der Waals surface area contributed by atoms with Crippen molar-refractivity contribution in [3.05, 3.63) is 146 Å². The molecule has 9 rings (SSSR count). The maximum atomic E-state index is 12.1. The van der Waals surface area contributed by atoms with Crippen molar-refractivity contribution in [2.45, 2.75) is 103 Å². The van der Waals surface area contributed by atoms with E-state index >= 15 is 0 Å². The van der Waals surface area contributed by atoms with Crippen LogP contribution in [0, 0.1) is 0 Å². The molecular formula is C48H64O5S3. The molecule has 0 spiro atoms. The lowest BCUT2D eigenvalue weighted by Crippen LogP contribution is -1.95. The van der Waals surface area contributed by atoms with Crippen molar-refractivity contribution in [1.82, 2.24) is 0 Å². The van der Waals surface area contributed by atoms with Crippen molar-refractivity contribution >= 4 is 52.1 Å². The molecule has 5 nitrogen and oxygen atoms in total. The quantitative estimate of drug-likeness (QED) is 0.152. The maximum Gasteiger partial charge on any atom is 0.207 e. The van der Waals surface area contributed by atoms with Gasteiger partial charge in [0.15, 0.2) is 0 Å². The molecule has 0 radical (unpaired) electrons. The van der Waals surface area contributed by atoms with Gasteiger partial charge in [-0.05, 0) is 47.5 Å². The minimum atomic E-state index is -3.26.